The van der Waals surface area contributed by atoms with Crippen LogP contribution in [-0.4, -0.2) is 28.4 Å². The number of nitrogen functional groups attached to an aromatic ring is 1. The van der Waals surface area contributed by atoms with E-state index in [1.54, 1.807) is 4.90 Å². The Morgan fingerprint density at radius 1 is 1.44 bits per heavy atom. The van der Waals surface area contributed by atoms with Crippen molar-refractivity contribution < 1.29 is 4.79 Å². The van der Waals surface area contributed by atoms with Crippen LogP contribution < -0.4 is 5.73 Å². The van der Waals surface area contributed by atoms with Crippen molar-refractivity contribution in [2.45, 2.75) is 33.7 Å². The van der Waals surface area contributed by atoms with E-state index < -0.39 is 0 Å². The minimum absolute atomic E-state index is 0.0968. The van der Waals surface area contributed by atoms with E-state index in [4.69, 9.17) is 17.3 Å². The van der Waals surface area contributed by atoms with E-state index in [0.29, 0.717) is 23.7 Å². The normalized spacial score (nSPS) is 11.1. The quantitative estimate of drug-likeness (QED) is 0.855. The molecule has 0 fully saturated rings. The van der Waals surface area contributed by atoms with Gasteiger partial charge in [-0.1, -0.05) is 25.4 Å². The van der Waals surface area contributed by atoms with Crippen LogP contribution in [0.25, 0.3) is 0 Å². The monoisotopic (exact) mass is 269 g/mol. The fourth-order valence-electron chi connectivity index (χ4n) is 1.70. The van der Waals surface area contributed by atoms with Crippen molar-refractivity contribution in [3.05, 3.63) is 23.0 Å². The summed E-state index contributed by atoms with van der Waals surface area (Å²) >= 11 is 5.81. The molecule has 18 heavy (non-hydrogen) atoms. The highest BCUT2D eigenvalue weighted by molar-refractivity contribution is 6.29. The predicted molar refractivity (Wildman–Crippen MR) is 74.7 cm³/mol. The number of aromatic nitrogens is 1. The van der Waals surface area contributed by atoms with Gasteiger partial charge in [0.05, 0.1) is 17.4 Å². The maximum atomic E-state index is 12.5. The summed E-state index contributed by atoms with van der Waals surface area (Å²) in [4.78, 5) is 18.1. The van der Waals surface area contributed by atoms with Crippen LogP contribution in [0.4, 0.5) is 5.69 Å². The summed E-state index contributed by atoms with van der Waals surface area (Å²) in [5.74, 6) is 0.301. The van der Waals surface area contributed by atoms with Gasteiger partial charge in [0.1, 0.15) is 5.15 Å². The van der Waals surface area contributed by atoms with Gasteiger partial charge in [0, 0.05) is 12.6 Å². The zero-order valence-electron chi connectivity index (χ0n) is 11.3. The Balaban J connectivity index is 3.05. The minimum atomic E-state index is -0.0968. The maximum Gasteiger partial charge on any atom is 0.256 e. The molecule has 1 aromatic rings. The molecule has 100 valence electrons. The van der Waals surface area contributed by atoms with Crippen molar-refractivity contribution in [3.8, 4) is 0 Å². The first-order valence-electron chi connectivity index (χ1n) is 6.05. The lowest BCUT2D eigenvalue weighted by Gasteiger charge is -2.29. The van der Waals surface area contributed by atoms with Crippen LogP contribution >= 0.6 is 11.6 Å². The first-order chi connectivity index (χ1) is 8.32. The third-order valence-corrected chi connectivity index (χ3v) is 2.78. The lowest BCUT2D eigenvalue weighted by molar-refractivity contribution is 0.0683. The number of hydrogen-bond donors (Lipinski definition) is 1. The van der Waals surface area contributed by atoms with Crippen molar-refractivity contribution >= 4 is 23.2 Å². The number of amides is 1. The van der Waals surface area contributed by atoms with Crippen molar-refractivity contribution in [1.82, 2.24) is 9.88 Å². The van der Waals surface area contributed by atoms with Gasteiger partial charge in [0.25, 0.3) is 5.91 Å². The Kier molecular flexibility index (Phi) is 4.96. The van der Waals surface area contributed by atoms with Gasteiger partial charge in [-0.3, -0.25) is 4.79 Å². The molecule has 1 rings (SSSR count). The zero-order valence-corrected chi connectivity index (χ0v) is 12.0. The molecular weight excluding hydrogens is 250 g/mol. The van der Waals surface area contributed by atoms with Crippen LogP contribution in [0.15, 0.2) is 12.3 Å². The first-order valence-corrected chi connectivity index (χ1v) is 6.42. The lowest BCUT2D eigenvalue weighted by atomic mass is 10.1. The van der Waals surface area contributed by atoms with Crippen LogP contribution in [0.5, 0.6) is 0 Å². The van der Waals surface area contributed by atoms with Crippen molar-refractivity contribution in [1.29, 1.82) is 0 Å². The molecule has 1 aromatic heterocycles. The summed E-state index contributed by atoms with van der Waals surface area (Å²) in [7, 11) is 0. The highest BCUT2D eigenvalue weighted by Crippen LogP contribution is 2.19. The van der Waals surface area contributed by atoms with Crippen LogP contribution in [0.3, 0.4) is 0 Å². The number of hydrogen-bond acceptors (Lipinski definition) is 3. The van der Waals surface area contributed by atoms with E-state index in [-0.39, 0.29) is 17.1 Å². The predicted octanol–water partition coefficient (Wildman–Crippen LogP) is 2.82. The van der Waals surface area contributed by atoms with Gasteiger partial charge in [-0.25, -0.2) is 4.98 Å². The SMILES string of the molecule is CC(C)CN(C(=O)c1cc(Cl)ncc1N)C(C)C. The van der Waals surface area contributed by atoms with E-state index in [1.807, 2.05) is 13.8 Å². The number of nitrogens with zero attached hydrogens (tertiary/aromatic N) is 2. The molecule has 0 spiro atoms. The van der Waals surface area contributed by atoms with E-state index in [9.17, 15) is 4.79 Å². The van der Waals surface area contributed by atoms with Crippen LogP contribution in [0, 0.1) is 5.92 Å². The molecular formula is C13H20ClN3O. The molecule has 0 aliphatic rings. The van der Waals surface area contributed by atoms with Crippen LogP contribution in [0.2, 0.25) is 5.15 Å². The van der Waals surface area contributed by atoms with E-state index in [1.165, 1.54) is 12.3 Å². The summed E-state index contributed by atoms with van der Waals surface area (Å²) in [6.45, 7) is 8.81. The second kappa shape index (κ2) is 6.05. The summed E-state index contributed by atoms with van der Waals surface area (Å²) < 4.78 is 0. The number of rotatable bonds is 4. The smallest absolute Gasteiger partial charge is 0.256 e. The third-order valence-electron chi connectivity index (χ3n) is 2.58. The highest BCUT2D eigenvalue weighted by atomic mass is 35.5. The Hall–Kier alpha value is -1.29. The molecule has 1 amide bonds. The maximum absolute atomic E-state index is 12.5. The van der Waals surface area contributed by atoms with Crippen molar-refractivity contribution in [2.24, 2.45) is 5.92 Å². The number of anilines is 1. The Bertz CT molecular complexity index is 432. The average Bonchev–Trinajstić information content (AvgIpc) is 2.27. The van der Waals surface area contributed by atoms with Crippen molar-refractivity contribution in [2.75, 3.05) is 12.3 Å². The largest absolute Gasteiger partial charge is 0.397 e. The number of pyridine rings is 1. The Labute approximate surface area is 113 Å². The van der Waals surface area contributed by atoms with Gasteiger partial charge in [0.2, 0.25) is 0 Å². The molecule has 0 atom stereocenters. The highest BCUT2D eigenvalue weighted by Gasteiger charge is 2.22. The molecule has 4 nitrogen and oxygen atoms in total. The third kappa shape index (κ3) is 3.60. The van der Waals surface area contributed by atoms with Crippen LogP contribution in [-0.2, 0) is 0 Å². The van der Waals surface area contributed by atoms with Gasteiger partial charge in [-0.15, -0.1) is 0 Å². The van der Waals surface area contributed by atoms with Gasteiger partial charge in [-0.2, -0.15) is 0 Å². The van der Waals surface area contributed by atoms with Gasteiger partial charge < -0.3 is 10.6 Å². The topological polar surface area (TPSA) is 59.2 Å². The molecule has 0 aromatic carbocycles. The summed E-state index contributed by atoms with van der Waals surface area (Å²) in [6.07, 6.45) is 1.42. The second-order valence-electron chi connectivity index (χ2n) is 5.04. The zero-order chi connectivity index (χ0) is 13.9. The van der Waals surface area contributed by atoms with E-state index in [2.05, 4.69) is 18.8 Å². The lowest BCUT2D eigenvalue weighted by Crippen LogP contribution is -2.39. The fourth-order valence-corrected chi connectivity index (χ4v) is 1.86. The molecule has 0 aliphatic carbocycles. The van der Waals surface area contributed by atoms with E-state index in [0.717, 1.165) is 0 Å². The molecule has 0 aliphatic heterocycles. The van der Waals surface area contributed by atoms with Gasteiger partial charge in [0.15, 0.2) is 0 Å². The Morgan fingerprint density at radius 2 is 2.06 bits per heavy atom. The molecule has 0 radical (unpaired) electrons. The van der Waals surface area contributed by atoms with Gasteiger partial charge in [-0.05, 0) is 25.8 Å². The van der Waals surface area contributed by atoms with Crippen LogP contribution in [0.1, 0.15) is 38.1 Å². The minimum Gasteiger partial charge on any atom is -0.397 e. The number of carbonyl (C=O) groups is 1. The molecule has 0 unspecified atom stereocenters. The number of carbonyl (C=O) groups excluding carboxylic acids is 1. The van der Waals surface area contributed by atoms with Crippen molar-refractivity contribution in [3.63, 3.8) is 0 Å². The summed E-state index contributed by atoms with van der Waals surface area (Å²) in [6, 6.07) is 1.64. The Morgan fingerprint density at radius 3 is 2.56 bits per heavy atom. The number of nitrogens with two attached hydrogens (primary N) is 1. The fraction of sp³-hybridized carbons (Fsp3) is 0.538. The van der Waals surface area contributed by atoms with E-state index >= 15 is 0 Å². The summed E-state index contributed by atoms with van der Waals surface area (Å²) in [5, 5.41) is 0.279. The second-order valence-corrected chi connectivity index (χ2v) is 5.43. The molecule has 1 heterocycles. The van der Waals surface area contributed by atoms with Gasteiger partial charge >= 0.3 is 0 Å². The average molecular weight is 270 g/mol. The molecule has 0 bridgehead atoms. The molecule has 0 saturated carbocycles. The molecule has 5 heteroatoms. The first kappa shape index (κ1) is 14.8. The summed E-state index contributed by atoms with van der Waals surface area (Å²) in [5.41, 5.74) is 6.57. The standard InChI is InChI=1S/C13H20ClN3O/c1-8(2)7-17(9(3)4)13(18)10-5-12(14)16-6-11(10)15/h5-6,8-9H,7,15H2,1-4H3. The molecule has 2 N–H and O–H groups in total. The molecule has 0 saturated heterocycles. The number of halogens is 1.